The highest BCUT2D eigenvalue weighted by molar-refractivity contribution is 5.49. The highest BCUT2D eigenvalue weighted by Gasteiger charge is 1.96. The number of rotatable bonds is 4. The van der Waals surface area contributed by atoms with Crippen LogP contribution >= 0.6 is 0 Å². The molecule has 0 fully saturated rings. The van der Waals surface area contributed by atoms with Crippen LogP contribution in [0.2, 0.25) is 0 Å². The topological polar surface area (TPSA) is 48.9 Å². The monoisotopic (exact) mass is 214 g/mol. The Bertz CT molecular complexity index is 443. The molecule has 0 spiro atoms. The van der Waals surface area contributed by atoms with Crippen LogP contribution in [-0.4, -0.2) is 21.7 Å². The first kappa shape index (κ1) is 10.6. The molecule has 0 aliphatic rings. The van der Waals surface area contributed by atoms with Gasteiger partial charge >= 0.3 is 0 Å². The molecule has 2 rings (SSSR count). The molecule has 0 atom stereocenters. The molecular weight excluding hydrogens is 200 g/mol. The minimum Gasteiger partial charge on any atom is -0.392 e. The molecule has 2 N–H and O–H groups in total. The lowest BCUT2D eigenvalue weighted by Gasteiger charge is -1.99. The van der Waals surface area contributed by atoms with Gasteiger partial charge < -0.3 is 10.1 Å². The third-order valence-electron chi connectivity index (χ3n) is 2.34. The summed E-state index contributed by atoms with van der Waals surface area (Å²) >= 11 is 0. The zero-order valence-electron chi connectivity index (χ0n) is 8.93. The summed E-state index contributed by atoms with van der Waals surface area (Å²) in [4.78, 5) is 7.06. The van der Waals surface area contributed by atoms with Crippen LogP contribution in [0.25, 0.3) is 6.08 Å². The fourth-order valence-electron chi connectivity index (χ4n) is 1.54. The summed E-state index contributed by atoms with van der Waals surface area (Å²) in [6.45, 7) is 0.0793. The first-order chi connectivity index (χ1) is 7.88. The summed E-state index contributed by atoms with van der Waals surface area (Å²) in [6.07, 6.45) is 8.02. The summed E-state index contributed by atoms with van der Waals surface area (Å²) in [7, 11) is 0. The van der Waals surface area contributed by atoms with E-state index in [1.54, 1.807) is 12.4 Å². The van der Waals surface area contributed by atoms with Crippen LogP contribution in [0.5, 0.6) is 0 Å². The van der Waals surface area contributed by atoms with E-state index in [2.05, 4.69) is 22.1 Å². The van der Waals surface area contributed by atoms with Crippen LogP contribution in [0.15, 0.2) is 42.9 Å². The fraction of sp³-hybridized carbons (Fsp3) is 0.154. The van der Waals surface area contributed by atoms with Crippen LogP contribution < -0.4 is 0 Å². The van der Waals surface area contributed by atoms with Crippen molar-refractivity contribution in [1.29, 1.82) is 0 Å². The van der Waals surface area contributed by atoms with E-state index >= 15 is 0 Å². The zero-order chi connectivity index (χ0) is 11.2. The number of benzene rings is 1. The van der Waals surface area contributed by atoms with E-state index in [0.29, 0.717) is 0 Å². The van der Waals surface area contributed by atoms with E-state index in [9.17, 15) is 0 Å². The Morgan fingerprint density at radius 3 is 2.69 bits per heavy atom. The van der Waals surface area contributed by atoms with Crippen molar-refractivity contribution in [2.45, 2.75) is 6.42 Å². The smallest absolute Gasteiger partial charge is 0.0921 e. The van der Waals surface area contributed by atoms with E-state index in [0.717, 1.165) is 17.7 Å². The van der Waals surface area contributed by atoms with Crippen molar-refractivity contribution in [1.82, 2.24) is 9.97 Å². The first-order valence-electron chi connectivity index (χ1n) is 5.22. The molecule has 0 bridgehead atoms. The zero-order valence-corrected chi connectivity index (χ0v) is 8.93. The number of aliphatic hydroxyl groups is 1. The van der Waals surface area contributed by atoms with Gasteiger partial charge in [0.15, 0.2) is 0 Å². The highest BCUT2D eigenvalue weighted by Crippen LogP contribution is 2.09. The maximum Gasteiger partial charge on any atom is 0.0921 e. The maximum atomic E-state index is 8.66. The molecule has 1 aromatic heterocycles. The van der Waals surface area contributed by atoms with Crippen molar-refractivity contribution in [3.63, 3.8) is 0 Å². The molecule has 1 aromatic carbocycles. The summed E-state index contributed by atoms with van der Waals surface area (Å²) < 4.78 is 0. The normalized spacial score (nSPS) is 11.1. The second kappa shape index (κ2) is 5.28. The first-order valence-corrected chi connectivity index (χ1v) is 5.22. The maximum absolute atomic E-state index is 8.66. The van der Waals surface area contributed by atoms with Gasteiger partial charge in [-0.25, -0.2) is 4.98 Å². The van der Waals surface area contributed by atoms with Crippen LogP contribution in [0, 0.1) is 0 Å². The Morgan fingerprint density at radius 1 is 1.25 bits per heavy atom. The average molecular weight is 214 g/mol. The van der Waals surface area contributed by atoms with Crippen molar-refractivity contribution in [3.8, 4) is 0 Å². The van der Waals surface area contributed by atoms with Crippen LogP contribution in [0.3, 0.4) is 0 Å². The Hall–Kier alpha value is -1.87. The molecule has 1 heterocycles. The second-order valence-electron chi connectivity index (χ2n) is 3.58. The number of aromatic nitrogens is 2. The van der Waals surface area contributed by atoms with Gasteiger partial charge in [0.05, 0.1) is 12.9 Å². The molecule has 16 heavy (non-hydrogen) atoms. The number of imidazole rings is 1. The van der Waals surface area contributed by atoms with Crippen molar-refractivity contribution in [2.75, 3.05) is 6.61 Å². The van der Waals surface area contributed by atoms with Crippen molar-refractivity contribution < 1.29 is 5.11 Å². The van der Waals surface area contributed by atoms with Gasteiger partial charge in [0.25, 0.3) is 0 Å². The third kappa shape index (κ3) is 2.81. The molecule has 3 heteroatoms. The summed E-state index contributed by atoms with van der Waals surface area (Å²) in [6, 6.07) is 8.24. The third-order valence-corrected chi connectivity index (χ3v) is 2.34. The number of H-pyrrole nitrogens is 1. The summed E-state index contributed by atoms with van der Waals surface area (Å²) in [5, 5.41) is 8.66. The number of nitrogens with zero attached hydrogens (tertiary/aromatic N) is 1. The van der Waals surface area contributed by atoms with E-state index in [-0.39, 0.29) is 6.61 Å². The Kier molecular flexibility index (Phi) is 3.51. The molecule has 0 aliphatic carbocycles. The van der Waals surface area contributed by atoms with Crippen molar-refractivity contribution in [2.24, 2.45) is 0 Å². The van der Waals surface area contributed by atoms with Gasteiger partial charge in [-0.2, -0.15) is 0 Å². The molecule has 0 saturated carbocycles. The van der Waals surface area contributed by atoms with Crippen LogP contribution in [0.1, 0.15) is 16.8 Å². The van der Waals surface area contributed by atoms with Gasteiger partial charge in [0.1, 0.15) is 0 Å². The predicted octanol–water partition coefficient (Wildman–Crippen LogP) is 2.01. The highest BCUT2D eigenvalue weighted by atomic mass is 16.2. The van der Waals surface area contributed by atoms with Gasteiger partial charge in [0.2, 0.25) is 0 Å². The summed E-state index contributed by atoms with van der Waals surface area (Å²) in [5.74, 6) is 0. The standard InChI is InChI=1S/C13H14N2O/c16-7-1-2-11-3-5-12(6-4-11)8-13-9-14-10-15-13/h1-6,9-10,16H,7-8H2,(H,14,15)/b2-1+. The van der Waals surface area contributed by atoms with Gasteiger partial charge in [-0.1, -0.05) is 36.4 Å². The van der Waals surface area contributed by atoms with Gasteiger partial charge in [-0.3, -0.25) is 0 Å². The molecule has 0 saturated heterocycles. The molecule has 3 nitrogen and oxygen atoms in total. The molecular formula is C13H14N2O. The number of hydrogen-bond acceptors (Lipinski definition) is 2. The van der Waals surface area contributed by atoms with E-state index < -0.39 is 0 Å². The Morgan fingerprint density at radius 2 is 2.06 bits per heavy atom. The Labute approximate surface area is 94.5 Å². The lowest BCUT2D eigenvalue weighted by atomic mass is 10.1. The number of hydrogen-bond donors (Lipinski definition) is 2. The number of aromatic amines is 1. The van der Waals surface area contributed by atoms with E-state index in [4.69, 9.17) is 5.11 Å². The molecule has 82 valence electrons. The van der Waals surface area contributed by atoms with E-state index in [1.165, 1.54) is 5.56 Å². The SMILES string of the molecule is OC/C=C/c1ccc(Cc2cnc[nH]2)cc1. The molecule has 0 radical (unpaired) electrons. The minimum absolute atomic E-state index is 0.0793. The molecule has 0 aliphatic heterocycles. The summed E-state index contributed by atoms with van der Waals surface area (Å²) in [5.41, 5.74) is 3.45. The van der Waals surface area contributed by atoms with Gasteiger partial charge in [-0.15, -0.1) is 0 Å². The van der Waals surface area contributed by atoms with Crippen LogP contribution in [0.4, 0.5) is 0 Å². The lowest BCUT2D eigenvalue weighted by Crippen LogP contribution is -1.87. The largest absolute Gasteiger partial charge is 0.392 e. The quantitative estimate of drug-likeness (QED) is 0.817. The van der Waals surface area contributed by atoms with Gasteiger partial charge in [-0.05, 0) is 11.1 Å². The minimum atomic E-state index is 0.0793. The lowest BCUT2D eigenvalue weighted by molar-refractivity contribution is 0.343. The Balaban J connectivity index is 2.05. The average Bonchev–Trinajstić information content (AvgIpc) is 2.81. The molecule has 0 amide bonds. The van der Waals surface area contributed by atoms with Crippen molar-refractivity contribution in [3.05, 3.63) is 59.7 Å². The van der Waals surface area contributed by atoms with E-state index in [1.807, 2.05) is 24.4 Å². The second-order valence-corrected chi connectivity index (χ2v) is 3.58. The van der Waals surface area contributed by atoms with Crippen LogP contribution in [-0.2, 0) is 6.42 Å². The van der Waals surface area contributed by atoms with Gasteiger partial charge in [0, 0.05) is 18.3 Å². The number of nitrogens with one attached hydrogen (secondary N) is 1. The van der Waals surface area contributed by atoms with Crippen molar-refractivity contribution >= 4 is 6.08 Å². The molecule has 0 unspecified atom stereocenters. The number of aliphatic hydroxyl groups excluding tert-OH is 1. The predicted molar refractivity (Wildman–Crippen MR) is 64.0 cm³/mol. The molecule has 2 aromatic rings. The fourth-order valence-corrected chi connectivity index (χ4v) is 1.54.